The Bertz CT molecular complexity index is 524. The van der Waals surface area contributed by atoms with Gasteiger partial charge in [-0.15, -0.1) is 0 Å². The Hall–Kier alpha value is -1.34. The number of β-amino-alcohol motifs (C(OH)–C–C–N with tert-alkyl or cyclic N) is 2. The largest absolute Gasteiger partial charge is 0.497 e. The molecule has 1 aromatic rings. The van der Waals surface area contributed by atoms with Crippen molar-refractivity contribution in [2.45, 2.75) is 32.1 Å². The predicted molar refractivity (Wildman–Crippen MR) is 93.7 cm³/mol. The highest BCUT2D eigenvalue weighted by molar-refractivity contribution is 5.41. The molecule has 6 heteroatoms. The summed E-state index contributed by atoms with van der Waals surface area (Å²) in [6.45, 7) is 7.87. The Labute approximate surface area is 144 Å². The van der Waals surface area contributed by atoms with Crippen LogP contribution < -0.4 is 9.47 Å². The van der Waals surface area contributed by atoms with Crippen LogP contribution in [0.1, 0.15) is 25.5 Å². The van der Waals surface area contributed by atoms with Crippen molar-refractivity contribution in [3.63, 3.8) is 0 Å². The van der Waals surface area contributed by atoms with E-state index in [0.29, 0.717) is 30.6 Å². The van der Waals surface area contributed by atoms with Gasteiger partial charge in [0.05, 0.1) is 26.4 Å². The van der Waals surface area contributed by atoms with E-state index in [4.69, 9.17) is 9.47 Å². The van der Waals surface area contributed by atoms with Crippen molar-refractivity contribution in [2.75, 3.05) is 46.9 Å². The van der Waals surface area contributed by atoms with Crippen LogP contribution in [0, 0.1) is 0 Å². The smallest absolute Gasteiger partial charge is 0.124 e. The molecule has 3 atom stereocenters. The van der Waals surface area contributed by atoms with Gasteiger partial charge in [-0.05, 0) is 32.0 Å². The van der Waals surface area contributed by atoms with Crippen LogP contribution in [0.25, 0.3) is 0 Å². The summed E-state index contributed by atoms with van der Waals surface area (Å²) in [6, 6.07) is 5.83. The van der Waals surface area contributed by atoms with Gasteiger partial charge in [0.25, 0.3) is 0 Å². The molecule has 0 radical (unpaired) electrons. The summed E-state index contributed by atoms with van der Waals surface area (Å²) in [5.74, 6) is 1.38. The molecular formula is C18H30N2O4. The van der Waals surface area contributed by atoms with Crippen LogP contribution >= 0.6 is 0 Å². The molecule has 6 nitrogen and oxygen atoms in total. The van der Waals surface area contributed by atoms with E-state index in [0.717, 1.165) is 25.2 Å². The van der Waals surface area contributed by atoms with Gasteiger partial charge in [-0.25, -0.2) is 0 Å². The van der Waals surface area contributed by atoms with Crippen molar-refractivity contribution in [3.8, 4) is 11.5 Å². The number of hydrogen-bond donors (Lipinski definition) is 2. The highest BCUT2D eigenvalue weighted by Gasteiger charge is 2.26. The van der Waals surface area contributed by atoms with E-state index >= 15 is 0 Å². The number of benzene rings is 1. The second kappa shape index (κ2) is 8.67. The van der Waals surface area contributed by atoms with Gasteiger partial charge in [0.2, 0.25) is 0 Å². The summed E-state index contributed by atoms with van der Waals surface area (Å²) in [6.07, 6.45) is -0.948. The molecule has 0 amide bonds. The quantitative estimate of drug-likeness (QED) is 0.777. The maximum atomic E-state index is 10.7. The van der Waals surface area contributed by atoms with Crippen LogP contribution in [0.5, 0.6) is 11.5 Å². The summed E-state index contributed by atoms with van der Waals surface area (Å²) in [4.78, 5) is 4.55. The molecule has 1 aromatic carbocycles. The van der Waals surface area contributed by atoms with Gasteiger partial charge in [0, 0.05) is 44.3 Å². The van der Waals surface area contributed by atoms with E-state index in [2.05, 4.69) is 16.7 Å². The number of ether oxygens (including phenoxy) is 2. The first kappa shape index (κ1) is 19.0. The number of rotatable bonds is 7. The fourth-order valence-corrected chi connectivity index (χ4v) is 3.29. The van der Waals surface area contributed by atoms with Crippen LogP contribution in [-0.2, 0) is 0 Å². The standard InChI is InChI=1S/C18H30N2O4/c1-13-10-19(7-8-20(13)11-14(2)21)12-17(22)16-9-15(23-3)5-6-18(16)24-4/h5-6,9,13-14,17,21-22H,7-8,10-12H2,1-4H3/t13-,14-,17-/m1/s1. The second-order valence-corrected chi connectivity index (χ2v) is 6.58. The van der Waals surface area contributed by atoms with E-state index in [1.807, 2.05) is 25.1 Å². The second-order valence-electron chi connectivity index (χ2n) is 6.58. The van der Waals surface area contributed by atoms with Crippen LogP contribution in [0.3, 0.4) is 0 Å². The highest BCUT2D eigenvalue weighted by Crippen LogP contribution is 2.30. The topological polar surface area (TPSA) is 65.4 Å². The zero-order valence-electron chi connectivity index (χ0n) is 15.1. The molecule has 1 aliphatic rings. The zero-order valence-corrected chi connectivity index (χ0v) is 15.1. The average Bonchev–Trinajstić information content (AvgIpc) is 2.56. The molecule has 1 saturated heterocycles. The van der Waals surface area contributed by atoms with Crippen molar-refractivity contribution in [1.29, 1.82) is 0 Å². The van der Waals surface area contributed by atoms with Gasteiger partial charge in [-0.3, -0.25) is 9.80 Å². The van der Waals surface area contributed by atoms with Crippen LogP contribution in [0.4, 0.5) is 0 Å². The Morgan fingerprint density at radius 1 is 1.17 bits per heavy atom. The molecule has 24 heavy (non-hydrogen) atoms. The fourth-order valence-electron chi connectivity index (χ4n) is 3.29. The lowest BCUT2D eigenvalue weighted by Crippen LogP contribution is -2.54. The van der Waals surface area contributed by atoms with E-state index in [1.165, 1.54) is 0 Å². The maximum absolute atomic E-state index is 10.7. The molecule has 0 aliphatic carbocycles. The minimum atomic E-state index is -0.634. The lowest BCUT2D eigenvalue weighted by Gasteiger charge is -2.41. The molecule has 1 fully saturated rings. The molecule has 2 N–H and O–H groups in total. The van der Waals surface area contributed by atoms with E-state index in [1.54, 1.807) is 14.2 Å². The van der Waals surface area contributed by atoms with Crippen molar-refractivity contribution in [3.05, 3.63) is 23.8 Å². The molecule has 0 unspecified atom stereocenters. The van der Waals surface area contributed by atoms with Crippen molar-refractivity contribution in [2.24, 2.45) is 0 Å². The van der Waals surface area contributed by atoms with Gasteiger partial charge in [-0.1, -0.05) is 0 Å². The van der Waals surface area contributed by atoms with E-state index < -0.39 is 6.10 Å². The number of aliphatic hydroxyl groups is 2. The van der Waals surface area contributed by atoms with Crippen LogP contribution in [0.2, 0.25) is 0 Å². The highest BCUT2D eigenvalue weighted by atomic mass is 16.5. The van der Waals surface area contributed by atoms with Gasteiger partial charge < -0.3 is 19.7 Å². The minimum Gasteiger partial charge on any atom is -0.497 e. The van der Waals surface area contributed by atoms with Crippen LogP contribution in [-0.4, -0.2) is 79.1 Å². The Kier molecular flexibility index (Phi) is 6.86. The van der Waals surface area contributed by atoms with Gasteiger partial charge in [0.15, 0.2) is 0 Å². The zero-order chi connectivity index (χ0) is 17.7. The number of methoxy groups -OCH3 is 2. The first-order valence-corrected chi connectivity index (χ1v) is 8.49. The van der Waals surface area contributed by atoms with E-state index in [-0.39, 0.29) is 6.10 Å². The first-order valence-electron chi connectivity index (χ1n) is 8.49. The van der Waals surface area contributed by atoms with Crippen molar-refractivity contribution < 1.29 is 19.7 Å². The van der Waals surface area contributed by atoms with Crippen molar-refractivity contribution >= 4 is 0 Å². The molecule has 1 heterocycles. The molecule has 2 rings (SSSR count). The van der Waals surface area contributed by atoms with Gasteiger partial charge >= 0.3 is 0 Å². The van der Waals surface area contributed by atoms with Crippen LogP contribution in [0.15, 0.2) is 18.2 Å². The Morgan fingerprint density at radius 2 is 1.92 bits per heavy atom. The van der Waals surface area contributed by atoms with Crippen molar-refractivity contribution in [1.82, 2.24) is 9.80 Å². The molecule has 0 bridgehead atoms. The average molecular weight is 338 g/mol. The third kappa shape index (κ3) is 4.83. The SMILES string of the molecule is COc1ccc(OC)c([C@H](O)CN2CCN(C[C@@H](C)O)[C@H](C)C2)c1. The number of hydrogen-bond acceptors (Lipinski definition) is 6. The van der Waals surface area contributed by atoms with E-state index in [9.17, 15) is 10.2 Å². The maximum Gasteiger partial charge on any atom is 0.124 e. The molecule has 0 aromatic heterocycles. The number of piperazine rings is 1. The lowest BCUT2D eigenvalue weighted by molar-refractivity contribution is 0.0236. The molecule has 1 aliphatic heterocycles. The molecule has 0 spiro atoms. The third-order valence-corrected chi connectivity index (χ3v) is 4.57. The Morgan fingerprint density at radius 3 is 2.50 bits per heavy atom. The molecule has 136 valence electrons. The predicted octanol–water partition coefficient (Wildman–Crippen LogP) is 1.12. The summed E-state index contributed by atoms with van der Waals surface area (Å²) in [5.41, 5.74) is 0.746. The fraction of sp³-hybridized carbons (Fsp3) is 0.667. The monoisotopic (exact) mass is 338 g/mol. The summed E-state index contributed by atoms with van der Waals surface area (Å²) >= 11 is 0. The number of aliphatic hydroxyl groups excluding tert-OH is 2. The summed E-state index contributed by atoms with van der Waals surface area (Å²) in [5, 5.41) is 20.2. The van der Waals surface area contributed by atoms with Gasteiger partial charge in [-0.2, -0.15) is 0 Å². The number of nitrogens with zero attached hydrogens (tertiary/aromatic N) is 2. The first-order chi connectivity index (χ1) is 11.4. The van der Waals surface area contributed by atoms with Gasteiger partial charge in [0.1, 0.15) is 11.5 Å². The third-order valence-electron chi connectivity index (χ3n) is 4.57. The normalized spacial score (nSPS) is 22.2. The summed E-state index contributed by atoms with van der Waals surface area (Å²) < 4.78 is 10.6. The molecular weight excluding hydrogens is 308 g/mol. The lowest BCUT2D eigenvalue weighted by atomic mass is 10.1. The molecule has 0 saturated carbocycles. The Balaban J connectivity index is 1.99. The summed E-state index contributed by atoms with van der Waals surface area (Å²) in [7, 11) is 3.22. The minimum absolute atomic E-state index is 0.314.